The lowest BCUT2D eigenvalue weighted by atomic mass is 10.1. The topological polar surface area (TPSA) is 42.0 Å². The summed E-state index contributed by atoms with van der Waals surface area (Å²) in [6.45, 7) is 5.41. The molecule has 1 atom stereocenters. The number of carbonyl (C=O) groups is 1. The van der Waals surface area contributed by atoms with E-state index in [1.807, 2.05) is 18.2 Å². The van der Waals surface area contributed by atoms with Gasteiger partial charge in [-0.15, -0.1) is 0 Å². The molecule has 0 saturated carbocycles. The van der Waals surface area contributed by atoms with Gasteiger partial charge in [0.1, 0.15) is 0 Å². The zero-order chi connectivity index (χ0) is 17.1. The highest BCUT2D eigenvalue weighted by atomic mass is 16.5. The minimum Gasteiger partial charge on any atom is -0.490 e. The van der Waals surface area contributed by atoms with Crippen LogP contribution in [0.2, 0.25) is 0 Å². The fraction of sp³-hybridized carbons (Fsp3) is 0.650. The van der Waals surface area contributed by atoms with E-state index in [1.54, 1.807) is 0 Å². The first-order valence-corrected chi connectivity index (χ1v) is 9.74. The molecule has 3 heterocycles. The highest BCUT2D eigenvalue weighted by molar-refractivity contribution is 5.95. The molecule has 0 spiro atoms. The third-order valence-corrected chi connectivity index (χ3v) is 5.59. The second-order valence-electron chi connectivity index (χ2n) is 7.36. The molecule has 136 valence electrons. The summed E-state index contributed by atoms with van der Waals surface area (Å²) >= 11 is 0. The maximum atomic E-state index is 13.1. The molecule has 5 heteroatoms. The lowest BCUT2D eigenvalue weighted by molar-refractivity contribution is 0.0714. The van der Waals surface area contributed by atoms with E-state index in [-0.39, 0.29) is 5.91 Å². The minimum atomic E-state index is 0.127. The molecular formula is C20H28N2O3. The maximum absolute atomic E-state index is 13.1. The van der Waals surface area contributed by atoms with Crippen molar-refractivity contribution in [3.63, 3.8) is 0 Å². The van der Waals surface area contributed by atoms with E-state index in [2.05, 4.69) is 9.80 Å². The molecule has 0 aromatic heterocycles. The zero-order valence-corrected chi connectivity index (χ0v) is 14.9. The molecule has 1 amide bonds. The number of fused-ring (bicyclic) bond motifs is 1. The molecule has 4 rings (SSSR count). The van der Waals surface area contributed by atoms with Crippen molar-refractivity contribution in [2.75, 3.05) is 39.4 Å². The Bertz CT molecular complexity index is 613. The van der Waals surface area contributed by atoms with Gasteiger partial charge in [-0.3, -0.25) is 9.69 Å². The summed E-state index contributed by atoms with van der Waals surface area (Å²) in [4.78, 5) is 17.7. The Labute approximate surface area is 149 Å². The van der Waals surface area contributed by atoms with Gasteiger partial charge in [-0.05, 0) is 57.0 Å². The largest absolute Gasteiger partial charge is 0.490 e. The van der Waals surface area contributed by atoms with Crippen LogP contribution in [0.5, 0.6) is 11.5 Å². The lowest BCUT2D eigenvalue weighted by Crippen LogP contribution is -2.43. The first-order valence-electron chi connectivity index (χ1n) is 9.74. The van der Waals surface area contributed by atoms with Crippen LogP contribution in [0.1, 0.15) is 48.9 Å². The first kappa shape index (κ1) is 16.7. The van der Waals surface area contributed by atoms with Gasteiger partial charge < -0.3 is 14.4 Å². The van der Waals surface area contributed by atoms with Crippen LogP contribution in [0.3, 0.4) is 0 Å². The van der Waals surface area contributed by atoms with E-state index < -0.39 is 0 Å². The van der Waals surface area contributed by atoms with Gasteiger partial charge in [0.05, 0.1) is 13.2 Å². The Morgan fingerprint density at radius 2 is 1.68 bits per heavy atom. The molecule has 0 radical (unpaired) electrons. The summed E-state index contributed by atoms with van der Waals surface area (Å²) < 4.78 is 11.4. The average Bonchev–Trinajstić information content (AvgIpc) is 2.92. The van der Waals surface area contributed by atoms with Gasteiger partial charge in [-0.25, -0.2) is 0 Å². The summed E-state index contributed by atoms with van der Waals surface area (Å²) in [6.07, 6.45) is 7.00. The first-order chi connectivity index (χ1) is 12.3. The molecule has 0 aliphatic carbocycles. The SMILES string of the molecule is O=C(c1ccc2c(c1)OCCCO2)N1CCCCC(N2CCCC2)C1. The number of carbonyl (C=O) groups excluding carboxylic acids is 1. The second kappa shape index (κ2) is 7.65. The highest BCUT2D eigenvalue weighted by Crippen LogP contribution is 2.31. The smallest absolute Gasteiger partial charge is 0.254 e. The monoisotopic (exact) mass is 344 g/mol. The Morgan fingerprint density at radius 1 is 0.920 bits per heavy atom. The Morgan fingerprint density at radius 3 is 2.52 bits per heavy atom. The van der Waals surface area contributed by atoms with Gasteiger partial charge >= 0.3 is 0 Å². The van der Waals surface area contributed by atoms with Crippen molar-refractivity contribution in [3.8, 4) is 11.5 Å². The molecule has 2 fully saturated rings. The van der Waals surface area contributed by atoms with Crippen LogP contribution in [0.4, 0.5) is 0 Å². The summed E-state index contributed by atoms with van der Waals surface area (Å²) in [5.74, 6) is 1.58. The van der Waals surface area contributed by atoms with Crippen LogP contribution < -0.4 is 9.47 Å². The van der Waals surface area contributed by atoms with Crippen molar-refractivity contribution in [1.29, 1.82) is 0 Å². The molecule has 5 nitrogen and oxygen atoms in total. The van der Waals surface area contributed by atoms with Gasteiger partial charge in [0.15, 0.2) is 11.5 Å². The molecular weight excluding hydrogens is 316 g/mol. The van der Waals surface area contributed by atoms with Crippen LogP contribution >= 0.6 is 0 Å². The summed E-state index contributed by atoms with van der Waals surface area (Å²) in [5.41, 5.74) is 0.714. The Hall–Kier alpha value is -1.75. The van der Waals surface area contributed by atoms with E-state index in [1.165, 1.54) is 38.8 Å². The Kier molecular flexibility index (Phi) is 5.11. The van der Waals surface area contributed by atoms with Crippen molar-refractivity contribution in [2.24, 2.45) is 0 Å². The number of ether oxygens (including phenoxy) is 2. The van der Waals surface area contributed by atoms with Crippen molar-refractivity contribution < 1.29 is 14.3 Å². The second-order valence-corrected chi connectivity index (χ2v) is 7.36. The number of hydrogen-bond acceptors (Lipinski definition) is 4. The fourth-order valence-electron chi connectivity index (χ4n) is 4.19. The van der Waals surface area contributed by atoms with Crippen LogP contribution in [-0.4, -0.2) is 61.1 Å². The number of likely N-dealkylation sites (tertiary alicyclic amines) is 2. The number of amides is 1. The van der Waals surface area contributed by atoms with Crippen LogP contribution in [0.15, 0.2) is 18.2 Å². The van der Waals surface area contributed by atoms with Gasteiger partial charge in [0.25, 0.3) is 5.91 Å². The third-order valence-electron chi connectivity index (χ3n) is 5.59. The summed E-state index contributed by atoms with van der Waals surface area (Å²) in [5, 5.41) is 0. The molecule has 0 bridgehead atoms. The summed E-state index contributed by atoms with van der Waals surface area (Å²) in [6, 6.07) is 6.14. The van der Waals surface area contributed by atoms with Crippen LogP contribution in [0, 0.1) is 0 Å². The minimum absolute atomic E-state index is 0.127. The third kappa shape index (κ3) is 3.76. The van der Waals surface area contributed by atoms with E-state index in [9.17, 15) is 4.79 Å². The summed E-state index contributed by atoms with van der Waals surface area (Å²) in [7, 11) is 0. The Balaban J connectivity index is 1.49. The van der Waals surface area contributed by atoms with Crippen LogP contribution in [0.25, 0.3) is 0 Å². The standard InChI is InChI=1S/C20H28N2O3/c23-20(16-7-8-18-19(14-16)25-13-5-12-24-18)22-11-2-1-6-17(15-22)21-9-3-4-10-21/h7-8,14,17H,1-6,9-13,15H2. The maximum Gasteiger partial charge on any atom is 0.254 e. The molecule has 1 unspecified atom stereocenters. The van der Waals surface area contributed by atoms with Crippen LogP contribution in [-0.2, 0) is 0 Å². The number of benzene rings is 1. The number of hydrogen-bond donors (Lipinski definition) is 0. The van der Waals surface area contributed by atoms with Crippen molar-refractivity contribution in [3.05, 3.63) is 23.8 Å². The van der Waals surface area contributed by atoms with E-state index in [4.69, 9.17) is 9.47 Å². The molecule has 1 aromatic carbocycles. The van der Waals surface area contributed by atoms with Gasteiger partial charge in [-0.1, -0.05) is 6.42 Å². The molecule has 25 heavy (non-hydrogen) atoms. The van der Waals surface area contributed by atoms with Crippen molar-refractivity contribution in [1.82, 2.24) is 9.80 Å². The average molecular weight is 344 g/mol. The van der Waals surface area contributed by atoms with E-state index in [0.29, 0.717) is 30.6 Å². The quantitative estimate of drug-likeness (QED) is 0.827. The zero-order valence-electron chi connectivity index (χ0n) is 14.9. The molecule has 0 N–H and O–H groups in total. The van der Waals surface area contributed by atoms with Crippen molar-refractivity contribution in [2.45, 2.75) is 44.6 Å². The molecule has 3 aliphatic heterocycles. The van der Waals surface area contributed by atoms with Crippen molar-refractivity contribution >= 4 is 5.91 Å². The predicted octanol–water partition coefficient (Wildman–Crippen LogP) is 2.94. The van der Waals surface area contributed by atoms with E-state index >= 15 is 0 Å². The molecule has 3 aliphatic rings. The van der Waals surface area contributed by atoms with E-state index in [0.717, 1.165) is 31.7 Å². The predicted molar refractivity (Wildman–Crippen MR) is 96.4 cm³/mol. The van der Waals surface area contributed by atoms with Gasteiger partial charge in [-0.2, -0.15) is 0 Å². The lowest BCUT2D eigenvalue weighted by Gasteiger charge is -2.30. The normalized spacial score (nSPS) is 24.6. The number of nitrogens with zero attached hydrogens (tertiary/aromatic N) is 2. The highest BCUT2D eigenvalue weighted by Gasteiger charge is 2.28. The molecule has 1 aromatic rings. The van der Waals surface area contributed by atoms with Gasteiger partial charge in [0, 0.05) is 31.1 Å². The van der Waals surface area contributed by atoms with Gasteiger partial charge in [0.2, 0.25) is 0 Å². The fourth-order valence-corrected chi connectivity index (χ4v) is 4.19. The molecule has 2 saturated heterocycles. The number of rotatable bonds is 2.